The Labute approximate surface area is 318 Å². The van der Waals surface area contributed by atoms with E-state index in [0.717, 1.165) is 66.1 Å². The molecule has 4 aromatic heterocycles. The van der Waals surface area contributed by atoms with Crippen molar-refractivity contribution in [2.24, 2.45) is 0 Å². The van der Waals surface area contributed by atoms with Crippen LogP contribution in [0.4, 0.5) is 0 Å². The average molecular weight is 721 g/mol. The van der Waals surface area contributed by atoms with Crippen LogP contribution in [0.1, 0.15) is 0 Å². The Morgan fingerprint density at radius 3 is 1.80 bits per heavy atom. The van der Waals surface area contributed by atoms with Gasteiger partial charge in [-0.1, -0.05) is 121 Å². The largest absolute Gasteiger partial charge is 0.455 e. The molecule has 55 heavy (non-hydrogen) atoms. The summed E-state index contributed by atoms with van der Waals surface area (Å²) in [4.78, 5) is 15.2. The zero-order valence-corrected chi connectivity index (χ0v) is 30.1. The van der Waals surface area contributed by atoms with E-state index in [4.69, 9.17) is 19.4 Å². The average Bonchev–Trinajstić information content (AvgIpc) is 3.93. The van der Waals surface area contributed by atoms with Crippen LogP contribution >= 0.6 is 11.3 Å². The van der Waals surface area contributed by atoms with Gasteiger partial charge in [-0.05, 0) is 48.5 Å². The molecule has 0 unspecified atom stereocenters. The molecule has 8 aromatic carbocycles. The van der Waals surface area contributed by atoms with E-state index in [1.165, 1.54) is 30.9 Å². The summed E-state index contributed by atoms with van der Waals surface area (Å²) in [6, 6.07) is 59.5. The molecule has 0 saturated heterocycles. The first kappa shape index (κ1) is 30.3. The van der Waals surface area contributed by atoms with Crippen LogP contribution in [0.2, 0.25) is 0 Å². The van der Waals surface area contributed by atoms with E-state index in [1.54, 1.807) is 0 Å². The molecular weight excluding hydrogens is 693 g/mol. The molecule has 0 saturated carbocycles. The number of para-hydroxylation sites is 2. The fraction of sp³-hybridized carbons (Fsp3) is 0. The predicted molar refractivity (Wildman–Crippen MR) is 228 cm³/mol. The number of thiophene rings is 1. The van der Waals surface area contributed by atoms with Crippen LogP contribution in [-0.4, -0.2) is 19.5 Å². The van der Waals surface area contributed by atoms with Crippen LogP contribution in [0.5, 0.6) is 0 Å². The zero-order chi connectivity index (χ0) is 36.0. The topological polar surface area (TPSA) is 56.7 Å². The van der Waals surface area contributed by atoms with Crippen molar-refractivity contribution in [1.82, 2.24) is 19.5 Å². The Hall–Kier alpha value is -7.15. The molecule has 4 heterocycles. The third-order valence-electron chi connectivity index (χ3n) is 10.8. The van der Waals surface area contributed by atoms with Gasteiger partial charge in [0.25, 0.3) is 0 Å². The Balaban J connectivity index is 1.20. The molecule has 0 amide bonds. The highest BCUT2D eigenvalue weighted by Crippen LogP contribution is 2.46. The maximum atomic E-state index is 6.66. The summed E-state index contributed by atoms with van der Waals surface area (Å²) in [6.45, 7) is 0. The molecule has 0 fully saturated rings. The first-order valence-corrected chi connectivity index (χ1v) is 19.2. The summed E-state index contributed by atoms with van der Waals surface area (Å²) in [5, 5.41) is 9.34. The molecule has 0 bridgehead atoms. The minimum absolute atomic E-state index is 0.610. The molecule has 0 radical (unpaired) electrons. The lowest BCUT2D eigenvalue weighted by Crippen LogP contribution is -2.00. The number of fused-ring (bicyclic) bond motifs is 12. The molecule has 0 spiro atoms. The fourth-order valence-corrected chi connectivity index (χ4v) is 9.49. The molecule has 6 heteroatoms. The van der Waals surface area contributed by atoms with Crippen LogP contribution in [0.15, 0.2) is 174 Å². The second kappa shape index (κ2) is 11.7. The SMILES string of the molecule is c1ccc(-c2nc(-c3ccccc3)nc(-c3ccc4c(c3)c(-n3c5ccccc5c5c6c(ccc53)sc3ccccc36)cc3c5ccccc5oc43)n2)cc1. The van der Waals surface area contributed by atoms with Crippen molar-refractivity contribution in [1.29, 1.82) is 0 Å². The maximum Gasteiger partial charge on any atom is 0.164 e. The van der Waals surface area contributed by atoms with E-state index in [9.17, 15) is 0 Å². The van der Waals surface area contributed by atoms with Gasteiger partial charge in [-0.15, -0.1) is 11.3 Å². The predicted octanol–water partition coefficient (Wildman–Crippen LogP) is 13.4. The smallest absolute Gasteiger partial charge is 0.164 e. The highest BCUT2D eigenvalue weighted by Gasteiger charge is 2.22. The van der Waals surface area contributed by atoms with Gasteiger partial charge in [0.1, 0.15) is 11.2 Å². The number of furan rings is 1. The summed E-state index contributed by atoms with van der Waals surface area (Å²) in [6.07, 6.45) is 0. The van der Waals surface area contributed by atoms with Crippen molar-refractivity contribution >= 4 is 86.0 Å². The number of hydrogen-bond acceptors (Lipinski definition) is 5. The van der Waals surface area contributed by atoms with Gasteiger partial charge in [0.05, 0.1) is 16.7 Å². The van der Waals surface area contributed by atoms with E-state index in [0.29, 0.717) is 17.5 Å². The minimum Gasteiger partial charge on any atom is -0.455 e. The van der Waals surface area contributed by atoms with Gasteiger partial charge in [0, 0.05) is 69.2 Å². The summed E-state index contributed by atoms with van der Waals surface area (Å²) in [5.74, 6) is 1.87. The molecule has 0 aliphatic carbocycles. The van der Waals surface area contributed by atoms with Crippen molar-refractivity contribution < 1.29 is 4.42 Å². The van der Waals surface area contributed by atoms with Crippen LogP contribution in [0.3, 0.4) is 0 Å². The van der Waals surface area contributed by atoms with Crippen LogP contribution in [-0.2, 0) is 0 Å². The van der Waals surface area contributed by atoms with Crippen LogP contribution in [0, 0.1) is 0 Å². The molecular formula is C49H28N4OS. The summed E-state index contributed by atoms with van der Waals surface area (Å²) < 4.78 is 11.7. The molecule has 256 valence electrons. The first-order valence-electron chi connectivity index (χ1n) is 18.4. The van der Waals surface area contributed by atoms with Crippen molar-refractivity contribution in [2.45, 2.75) is 0 Å². The lowest BCUT2D eigenvalue weighted by molar-refractivity contribution is 0.672. The van der Waals surface area contributed by atoms with Crippen molar-refractivity contribution in [3.05, 3.63) is 170 Å². The molecule has 12 aromatic rings. The van der Waals surface area contributed by atoms with Crippen LogP contribution < -0.4 is 0 Å². The van der Waals surface area contributed by atoms with E-state index >= 15 is 0 Å². The monoisotopic (exact) mass is 720 g/mol. The Bertz CT molecular complexity index is 3430. The number of hydrogen-bond donors (Lipinski definition) is 0. The Morgan fingerprint density at radius 2 is 1.04 bits per heavy atom. The molecule has 5 nitrogen and oxygen atoms in total. The molecule has 0 N–H and O–H groups in total. The van der Waals surface area contributed by atoms with Gasteiger partial charge in [-0.2, -0.15) is 0 Å². The van der Waals surface area contributed by atoms with Gasteiger partial charge in [0.2, 0.25) is 0 Å². The van der Waals surface area contributed by atoms with Crippen molar-refractivity contribution in [3.63, 3.8) is 0 Å². The number of aromatic nitrogens is 4. The third-order valence-corrected chi connectivity index (χ3v) is 12.0. The quantitative estimate of drug-likeness (QED) is 0.182. The summed E-state index contributed by atoms with van der Waals surface area (Å²) in [5.41, 5.74) is 7.88. The molecule has 12 rings (SSSR count). The van der Waals surface area contributed by atoms with Crippen LogP contribution in [0.25, 0.3) is 115 Å². The lowest BCUT2D eigenvalue weighted by atomic mass is 10.0. The van der Waals surface area contributed by atoms with E-state index in [2.05, 4.69) is 108 Å². The molecule has 0 aliphatic rings. The highest BCUT2D eigenvalue weighted by molar-refractivity contribution is 7.26. The lowest BCUT2D eigenvalue weighted by Gasteiger charge is -2.14. The Morgan fingerprint density at radius 1 is 0.400 bits per heavy atom. The van der Waals surface area contributed by atoms with Crippen molar-refractivity contribution in [3.8, 4) is 39.9 Å². The first-order chi connectivity index (χ1) is 27.3. The van der Waals surface area contributed by atoms with Gasteiger partial charge in [0.15, 0.2) is 17.5 Å². The molecule has 0 atom stereocenters. The number of rotatable bonds is 4. The normalized spacial score (nSPS) is 12.0. The summed E-state index contributed by atoms with van der Waals surface area (Å²) in [7, 11) is 0. The van der Waals surface area contributed by atoms with Gasteiger partial charge in [-0.25, -0.2) is 15.0 Å². The fourth-order valence-electron chi connectivity index (χ4n) is 8.37. The van der Waals surface area contributed by atoms with E-state index < -0.39 is 0 Å². The van der Waals surface area contributed by atoms with Gasteiger partial charge >= 0.3 is 0 Å². The second-order valence-electron chi connectivity index (χ2n) is 14.0. The van der Waals surface area contributed by atoms with Gasteiger partial charge in [-0.3, -0.25) is 0 Å². The van der Waals surface area contributed by atoms with E-state index in [-0.39, 0.29) is 0 Å². The molecule has 0 aliphatic heterocycles. The van der Waals surface area contributed by atoms with E-state index in [1.807, 2.05) is 78.1 Å². The minimum atomic E-state index is 0.610. The maximum absolute atomic E-state index is 6.66. The van der Waals surface area contributed by atoms with Gasteiger partial charge < -0.3 is 8.98 Å². The summed E-state index contributed by atoms with van der Waals surface area (Å²) >= 11 is 1.85. The third kappa shape index (κ3) is 4.55. The zero-order valence-electron chi connectivity index (χ0n) is 29.3. The highest BCUT2D eigenvalue weighted by atomic mass is 32.1. The van der Waals surface area contributed by atoms with Crippen molar-refractivity contribution in [2.75, 3.05) is 0 Å². The Kier molecular flexibility index (Phi) is 6.44. The number of benzene rings is 8. The number of nitrogens with zero attached hydrogens (tertiary/aromatic N) is 4. The second-order valence-corrected chi connectivity index (χ2v) is 15.0. The standard InChI is InChI=1S/C49H28N4OS/c1-3-13-29(14-4-1)47-50-48(30-15-5-2-6-16-30)52-49(51-47)31-23-24-33-36(27-31)40(28-37-32-17-8-11-21-41(32)54-46(33)37)53-38-20-10-7-18-34(38)44-39(53)25-26-43-45(44)35-19-9-12-22-42(35)55-43/h1-28H.